The summed E-state index contributed by atoms with van der Waals surface area (Å²) in [5, 5.41) is 21.5. The summed E-state index contributed by atoms with van der Waals surface area (Å²) in [4.78, 5) is 0. The van der Waals surface area contributed by atoms with Crippen LogP contribution in [0.2, 0.25) is 0 Å². The Morgan fingerprint density at radius 1 is 1.19 bits per heavy atom. The van der Waals surface area contributed by atoms with Crippen molar-refractivity contribution in [3.05, 3.63) is 70.0 Å². The van der Waals surface area contributed by atoms with Crippen molar-refractivity contribution >= 4 is 0 Å². The largest absolute Gasteiger partial charge is 0.420 e. The number of allylic oxidation sites excluding steroid dienone is 1. The van der Waals surface area contributed by atoms with E-state index < -0.39 is 0 Å². The first-order valence-corrected chi connectivity index (χ1v) is 8.27. The molecule has 130 valence electrons. The molecule has 4 rings (SSSR count). The fourth-order valence-electron chi connectivity index (χ4n) is 3.58. The lowest BCUT2D eigenvalue weighted by molar-refractivity contribution is 0.378. The van der Waals surface area contributed by atoms with E-state index in [4.69, 9.17) is 15.6 Å². The van der Waals surface area contributed by atoms with Gasteiger partial charge in [-0.3, -0.25) is 5.10 Å². The van der Waals surface area contributed by atoms with E-state index in [0.717, 1.165) is 33.9 Å². The third-order valence-electron chi connectivity index (χ3n) is 4.77. The summed E-state index contributed by atoms with van der Waals surface area (Å²) in [5.41, 5.74) is 11.8. The average molecular weight is 346 g/mol. The zero-order valence-electron chi connectivity index (χ0n) is 14.7. The molecule has 0 aliphatic carbocycles. The highest BCUT2D eigenvalue weighted by Gasteiger charge is 2.37. The van der Waals surface area contributed by atoms with E-state index in [1.807, 2.05) is 55.8 Å². The molecule has 0 radical (unpaired) electrons. The lowest BCUT2D eigenvalue weighted by Gasteiger charge is -2.23. The summed E-state index contributed by atoms with van der Waals surface area (Å²) in [6, 6.07) is 12.1. The molecule has 0 spiro atoms. The van der Waals surface area contributed by atoms with Crippen molar-refractivity contribution < 1.29 is 4.74 Å². The van der Waals surface area contributed by atoms with Crippen LogP contribution in [0.1, 0.15) is 34.1 Å². The number of fused-ring (bicyclic) bond motifs is 1. The van der Waals surface area contributed by atoms with Crippen LogP contribution >= 0.6 is 0 Å². The van der Waals surface area contributed by atoms with E-state index in [-0.39, 0.29) is 11.8 Å². The molecule has 0 amide bonds. The second-order valence-electron chi connectivity index (χ2n) is 6.32. The van der Waals surface area contributed by atoms with Crippen LogP contribution in [0.3, 0.4) is 0 Å². The number of benzene rings is 1. The molecule has 1 aromatic carbocycles. The van der Waals surface area contributed by atoms with Crippen molar-refractivity contribution in [2.45, 2.75) is 26.7 Å². The molecule has 0 bridgehead atoms. The standard InChI is InChI=1S/C19H18N6O/c1-10-16-17(14(9-20)18(21)26-19(16)23-22-10)15-11(2)24-25(12(15)3)13-7-5-4-6-8-13/h4-8,17H,21H2,1-3H3,(H,22,23)/t17-/m1/s1. The number of nitrogens with zero attached hydrogens (tertiary/aromatic N) is 4. The maximum atomic E-state index is 9.73. The average Bonchev–Trinajstić information content (AvgIpc) is 3.14. The summed E-state index contributed by atoms with van der Waals surface area (Å²) >= 11 is 0. The van der Waals surface area contributed by atoms with Crippen LogP contribution in [-0.4, -0.2) is 20.0 Å². The van der Waals surface area contributed by atoms with Crippen LogP contribution in [0.4, 0.5) is 0 Å². The first-order chi connectivity index (χ1) is 12.5. The number of H-pyrrole nitrogens is 1. The highest BCUT2D eigenvalue weighted by molar-refractivity contribution is 5.57. The number of ether oxygens (including phenoxy) is 1. The number of nitriles is 1. The van der Waals surface area contributed by atoms with Gasteiger partial charge in [0.2, 0.25) is 11.8 Å². The molecule has 1 aliphatic heterocycles. The van der Waals surface area contributed by atoms with Crippen molar-refractivity contribution in [2.24, 2.45) is 5.73 Å². The minimum atomic E-state index is -0.361. The van der Waals surface area contributed by atoms with Crippen molar-refractivity contribution in [3.63, 3.8) is 0 Å². The first-order valence-electron chi connectivity index (χ1n) is 8.27. The second kappa shape index (κ2) is 5.77. The van der Waals surface area contributed by atoms with Gasteiger partial charge in [0.05, 0.1) is 17.3 Å². The molecule has 1 aliphatic rings. The minimum absolute atomic E-state index is 0.0859. The van der Waals surface area contributed by atoms with E-state index in [1.54, 1.807) is 0 Å². The number of rotatable bonds is 2. The molecular formula is C19H18N6O. The van der Waals surface area contributed by atoms with Gasteiger partial charge in [-0.05, 0) is 32.9 Å². The molecule has 7 heteroatoms. The highest BCUT2D eigenvalue weighted by atomic mass is 16.5. The Labute approximate surface area is 150 Å². The number of aromatic nitrogens is 4. The van der Waals surface area contributed by atoms with Gasteiger partial charge in [0, 0.05) is 22.5 Å². The number of hydrogen-bond acceptors (Lipinski definition) is 5. The van der Waals surface area contributed by atoms with Crippen LogP contribution in [-0.2, 0) is 0 Å². The van der Waals surface area contributed by atoms with Gasteiger partial charge < -0.3 is 10.5 Å². The van der Waals surface area contributed by atoms with Crippen molar-refractivity contribution in [2.75, 3.05) is 0 Å². The number of hydrogen-bond donors (Lipinski definition) is 2. The SMILES string of the molecule is Cc1nn(-c2ccccc2)c(C)c1[C@H]1C(C#N)=C(N)Oc2n[nH]c(C)c21. The van der Waals surface area contributed by atoms with Gasteiger partial charge in [0.25, 0.3) is 0 Å². The monoisotopic (exact) mass is 346 g/mol. The predicted octanol–water partition coefficient (Wildman–Crippen LogP) is 2.74. The molecule has 3 N–H and O–H groups in total. The van der Waals surface area contributed by atoms with Crippen molar-refractivity contribution in [1.82, 2.24) is 20.0 Å². The van der Waals surface area contributed by atoms with Crippen LogP contribution in [0.15, 0.2) is 41.8 Å². The number of aromatic amines is 1. The topological polar surface area (TPSA) is 106 Å². The number of nitrogens with two attached hydrogens (primary N) is 1. The molecule has 1 atom stereocenters. The Kier molecular flexibility index (Phi) is 3.55. The summed E-state index contributed by atoms with van der Waals surface area (Å²) in [6.45, 7) is 5.85. The fraction of sp³-hybridized carbons (Fsp3) is 0.211. The van der Waals surface area contributed by atoms with Gasteiger partial charge in [0.15, 0.2) is 0 Å². The minimum Gasteiger partial charge on any atom is -0.420 e. The molecule has 2 aromatic heterocycles. The molecule has 3 heterocycles. The van der Waals surface area contributed by atoms with Crippen LogP contribution in [0.25, 0.3) is 5.69 Å². The predicted molar refractivity (Wildman–Crippen MR) is 95.7 cm³/mol. The van der Waals surface area contributed by atoms with E-state index in [1.165, 1.54) is 0 Å². The maximum Gasteiger partial charge on any atom is 0.244 e. The molecule has 0 saturated carbocycles. The van der Waals surface area contributed by atoms with E-state index in [2.05, 4.69) is 16.3 Å². The van der Waals surface area contributed by atoms with Crippen molar-refractivity contribution in [3.8, 4) is 17.6 Å². The third kappa shape index (κ3) is 2.19. The molecule has 7 nitrogen and oxygen atoms in total. The number of nitrogens with one attached hydrogen (secondary N) is 1. The Hall–Kier alpha value is -3.53. The smallest absolute Gasteiger partial charge is 0.244 e. The summed E-state index contributed by atoms with van der Waals surface area (Å²) in [7, 11) is 0. The van der Waals surface area contributed by atoms with Gasteiger partial charge in [-0.15, -0.1) is 5.10 Å². The fourth-order valence-corrected chi connectivity index (χ4v) is 3.58. The van der Waals surface area contributed by atoms with Crippen LogP contribution in [0, 0.1) is 32.1 Å². The molecule has 26 heavy (non-hydrogen) atoms. The lowest BCUT2D eigenvalue weighted by atomic mass is 9.83. The van der Waals surface area contributed by atoms with Gasteiger partial charge in [-0.1, -0.05) is 18.2 Å². The zero-order chi connectivity index (χ0) is 18.4. The highest BCUT2D eigenvalue weighted by Crippen LogP contribution is 2.44. The Balaban J connectivity index is 1.97. The molecule has 0 fully saturated rings. The first kappa shape index (κ1) is 16.0. The quantitative estimate of drug-likeness (QED) is 0.742. The van der Waals surface area contributed by atoms with Gasteiger partial charge in [-0.25, -0.2) is 4.68 Å². The lowest BCUT2D eigenvalue weighted by Crippen LogP contribution is -2.21. The summed E-state index contributed by atoms with van der Waals surface area (Å²) in [5.74, 6) is 0.137. The number of aryl methyl sites for hydroxylation is 2. The van der Waals surface area contributed by atoms with Crippen LogP contribution in [0.5, 0.6) is 5.88 Å². The molecule has 3 aromatic rings. The van der Waals surface area contributed by atoms with E-state index in [0.29, 0.717) is 11.5 Å². The Bertz CT molecular complexity index is 1070. The second-order valence-corrected chi connectivity index (χ2v) is 6.32. The van der Waals surface area contributed by atoms with E-state index >= 15 is 0 Å². The van der Waals surface area contributed by atoms with Crippen molar-refractivity contribution in [1.29, 1.82) is 5.26 Å². The molecule has 0 unspecified atom stereocenters. The van der Waals surface area contributed by atoms with Gasteiger partial charge in [-0.2, -0.15) is 10.4 Å². The maximum absolute atomic E-state index is 9.73. The molecule has 0 saturated heterocycles. The molecular weight excluding hydrogens is 328 g/mol. The number of para-hydroxylation sites is 1. The zero-order valence-corrected chi connectivity index (χ0v) is 14.7. The van der Waals surface area contributed by atoms with E-state index in [9.17, 15) is 5.26 Å². The van der Waals surface area contributed by atoms with Gasteiger partial charge in [0.1, 0.15) is 11.6 Å². The Morgan fingerprint density at radius 3 is 2.62 bits per heavy atom. The normalized spacial score (nSPS) is 16.2. The summed E-state index contributed by atoms with van der Waals surface area (Å²) < 4.78 is 7.43. The van der Waals surface area contributed by atoms with Crippen LogP contribution < -0.4 is 10.5 Å². The Morgan fingerprint density at radius 2 is 1.92 bits per heavy atom. The van der Waals surface area contributed by atoms with Gasteiger partial charge >= 0.3 is 0 Å². The summed E-state index contributed by atoms with van der Waals surface area (Å²) in [6.07, 6.45) is 0. The third-order valence-corrected chi connectivity index (χ3v) is 4.77.